The van der Waals surface area contributed by atoms with Crippen LogP contribution in [0.1, 0.15) is 43.4 Å². The molecule has 0 unspecified atom stereocenters. The molecule has 1 N–H and O–H groups in total. The summed E-state index contributed by atoms with van der Waals surface area (Å²) in [5.41, 5.74) is 0. The second kappa shape index (κ2) is 7.02. The zero-order valence-electron chi connectivity index (χ0n) is 12.3. The van der Waals surface area contributed by atoms with Gasteiger partial charge < -0.3 is 5.32 Å². The molecule has 0 amide bonds. The molecule has 2 rings (SSSR count). The smallest absolute Gasteiger partial charge is 0.243 e. The molecule has 1 aliphatic rings. The second-order valence-electron chi connectivity index (χ2n) is 5.45. The van der Waals surface area contributed by atoms with E-state index in [0.29, 0.717) is 11.4 Å². The molecule has 4 nitrogen and oxygen atoms in total. The van der Waals surface area contributed by atoms with Crippen LogP contribution in [0.25, 0.3) is 0 Å². The van der Waals surface area contributed by atoms with E-state index in [0.717, 1.165) is 30.6 Å². The van der Waals surface area contributed by atoms with Crippen LogP contribution in [0.5, 0.6) is 0 Å². The molecule has 0 aromatic carbocycles. The number of rotatable bonds is 5. The zero-order chi connectivity index (χ0) is 14.6. The SMILES string of the molecule is CNCc1cc(S(=O)(=O)N(C)C2CCCCCC2)cs1. The number of nitrogens with one attached hydrogen (secondary N) is 1. The minimum atomic E-state index is -3.34. The van der Waals surface area contributed by atoms with Gasteiger partial charge in [0.05, 0.1) is 4.90 Å². The van der Waals surface area contributed by atoms with E-state index in [1.165, 1.54) is 24.2 Å². The molecular formula is C14H24N2O2S2. The Morgan fingerprint density at radius 3 is 2.55 bits per heavy atom. The second-order valence-corrected chi connectivity index (χ2v) is 8.44. The molecule has 0 bridgehead atoms. The van der Waals surface area contributed by atoms with E-state index < -0.39 is 10.0 Å². The van der Waals surface area contributed by atoms with Crippen LogP contribution in [0.2, 0.25) is 0 Å². The van der Waals surface area contributed by atoms with Crippen molar-refractivity contribution in [2.24, 2.45) is 0 Å². The molecular weight excluding hydrogens is 292 g/mol. The first-order valence-corrected chi connectivity index (χ1v) is 9.57. The molecule has 1 heterocycles. The first-order valence-electron chi connectivity index (χ1n) is 7.25. The van der Waals surface area contributed by atoms with E-state index >= 15 is 0 Å². The minimum Gasteiger partial charge on any atom is -0.315 e. The normalized spacial score (nSPS) is 18.4. The lowest BCUT2D eigenvalue weighted by Crippen LogP contribution is -2.36. The highest BCUT2D eigenvalue weighted by Gasteiger charge is 2.29. The molecule has 114 valence electrons. The molecule has 1 saturated carbocycles. The highest BCUT2D eigenvalue weighted by atomic mass is 32.2. The van der Waals surface area contributed by atoms with Crippen LogP contribution in [0.15, 0.2) is 16.3 Å². The average Bonchev–Trinajstić information content (AvgIpc) is 2.74. The monoisotopic (exact) mass is 316 g/mol. The van der Waals surface area contributed by atoms with Crippen molar-refractivity contribution < 1.29 is 8.42 Å². The Balaban J connectivity index is 2.14. The molecule has 1 fully saturated rings. The highest BCUT2D eigenvalue weighted by molar-refractivity contribution is 7.89. The number of hydrogen-bond donors (Lipinski definition) is 1. The highest BCUT2D eigenvalue weighted by Crippen LogP contribution is 2.28. The number of hydrogen-bond acceptors (Lipinski definition) is 4. The van der Waals surface area contributed by atoms with E-state index in [2.05, 4.69) is 5.32 Å². The van der Waals surface area contributed by atoms with E-state index in [9.17, 15) is 8.42 Å². The van der Waals surface area contributed by atoms with Crippen LogP contribution in [0.4, 0.5) is 0 Å². The van der Waals surface area contributed by atoms with Gasteiger partial charge >= 0.3 is 0 Å². The van der Waals surface area contributed by atoms with Gasteiger partial charge in [-0.25, -0.2) is 8.42 Å². The Morgan fingerprint density at radius 1 is 1.30 bits per heavy atom. The number of nitrogens with zero attached hydrogens (tertiary/aromatic N) is 1. The van der Waals surface area contributed by atoms with Gasteiger partial charge in [-0.2, -0.15) is 4.31 Å². The van der Waals surface area contributed by atoms with Crippen LogP contribution in [0.3, 0.4) is 0 Å². The Kier molecular flexibility index (Phi) is 5.60. The minimum absolute atomic E-state index is 0.162. The van der Waals surface area contributed by atoms with Crippen molar-refractivity contribution in [3.63, 3.8) is 0 Å². The van der Waals surface area contributed by atoms with Gasteiger partial charge in [-0.15, -0.1) is 11.3 Å². The van der Waals surface area contributed by atoms with Gasteiger partial charge in [-0.3, -0.25) is 0 Å². The fourth-order valence-corrected chi connectivity index (χ4v) is 5.44. The molecule has 1 aromatic heterocycles. The first-order chi connectivity index (χ1) is 9.55. The molecule has 0 spiro atoms. The van der Waals surface area contributed by atoms with Crippen molar-refractivity contribution in [1.82, 2.24) is 9.62 Å². The molecule has 1 aliphatic carbocycles. The predicted octanol–water partition coefficient (Wildman–Crippen LogP) is 2.81. The number of thiophene rings is 1. The topological polar surface area (TPSA) is 49.4 Å². The molecule has 0 saturated heterocycles. The van der Waals surface area contributed by atoms with E-state index in [1.54, 1.807) is 22.8 Å². The molecule has 0 aliphatic heterocycles. The lowest BCUT2D eigenvalue weighted by molar-refractivity contribution is 0.336. The van der Waals surface area contributed by atoms with Crippen LogP contribution < -0.4 is 5.32 Å². The summed E-state index contributed by atoms with van der Waals surface area (Å²) in [5.74, 6) is 0. The molecule has 0 radical (unpaired) electrons. The number of sulfonamides is 1. The summed E-state index contributed by atoms with van der Waals surface area (Å²) < 4.78 is 26.9. The summed E-state index contributed by atoms with van der Waals surface area (Å²) in [5, 5.41) is 4.81. The molecule has 1 aromatic rings. The zero-order valence-corrected chi connectivity index (χ0v) is 13.9. The molecule has 20 heavy (non-hydrogen) atoms. The van der Waals surface area contributed by atoms with Crippen molar-refractivity contribution in [3.8, 4) is 0 Å². The van der Waals surface area contributed by atoms with Crippen molar-refractivity contribution in [1.29, 1.82) is 0 Å². The third-order valence-electron chi connectivity index (χ3n) is 4.00. The fraction of sp³-hybridized carbons (Fsp3) is 0.714. The summed E-state index contributed by atoms with van der Waals surface area (Å²) >= 11 is 1.50. The third-order valence-corrected chi connectivity index (χ3v) is 6.97. The standard InChI is InChI=1S/C14H24N2O2S2/c1-15-10-13-9-14(11-19-13)20(17,18)16(2)12-7-5-3-4-6-8-12/h9,11-12,15H,3-8,10H2,1-2H3. The van der Waals surface area contributed by atoms with Crippen molar-refractivity contribution in [2.75, 3.05) is 14.1 Å². The first kappa shape index (κ1) is 15.9. The van der Waals surface area contributed by atoms with Crippen molar-refractivity contribution in [3.05, 3.63) is 16.3 Å². The van der Waals surface area contributed by atoms with E-state index in [1.807, 2.05) is 7.05 Å². The fourth-order valence-electron chi connectivity index (χ4n) is 2.75. The van der Waals surface area contributed by atoms with Crippen LogP contribution in [-0.4, -0.2) is 32.9 Å². The van der Waals surface area contributed by atoms with Crippen LogP contribution in [0, 0.1) is 0 Å². The van der Waals surface area contributed by atoms with Gasteiger partial charge in [0.2, 0.25) is 10.0 Å². The van der Waals surface area contributed by atoms with Crippen LogP contribution >= 0.6 is 11.3 Å². The Morgan fingerprint density at radius 2 is 1.95 bits per heavy atom. The summed E-state index contributed by atoms with van der Waals surface area (Å²) in [4.78, 5) is 1.50. The molecule has 0 atom stereocenters. The van der Waals surface area contributed by atoms with Gasteiger partial charge in [-0.05, 0) is 26.0 Å². The Hall–Kier alpha value is -0.430. The van der Waals surface area contributed by atoms with Gasteiger partial charge in [0.25, 0.3) is 0 Å². The summed E-state index contributed by atoms with van der Waals surface area (Å²) in [7, 11) is 0.267. The van der Waals surface area contributed by atoms with Gasteiger partial charge in [0, 0.05) is 29.9 Å². The summed E-state index contributed by atoms with van der Waals surface area (Å²) in [6.07, 6.45) is 6.72. The van der Waals surface area contributed by atoms with Crippen LogP contribution in [-0.2, 0) is 16.6 Å². The Labute approximate surface area is 126 Å². The van der Waals surface area contributed by atoms with E-state index in [-0.39, 0.29) is 6.04 Å². The molecule has 6 heteroatoms. The largest absolute Gasteiger partial charge is 0.315 e. The summed E-state index contributed by atoms with van der Waals surface area (Å²) in [6, 6.07) is 1.96. The lowest BCUT2D eigenvalue weighted by Gasteiger charge is -2.26. The van der Waals surface area contributed by atoms with Gasteiger partial charge in [0.15, 0.2) is 0 Å². The van der Waals surface area contributed by atoms with Crippen molar-refractivity contribution in [2.45, 2.75) is 56.0 Å². The maximum atomic E-state index is 12.7. The average molecular weight is 316 g/mol. The summed E-state index contributed by atoms with van der Waals surface area (Å²) in [6.45, 7) is 0.716. The van der Waals surface area contributed by atoms with Gasteiger partial charge in [0.1, 0.15) is 0 Å². The quantitative estimate of drug-likeness (QED) is 0.850. The maximum absolute atomic E-state index is 12.7. The third kappa shape index (κ3) is 3.61. The lowest BCUT2D eigenvalue weighted by atomic mass is 10.1. The predicted molar refractivity (Wildman–Crippen MR) is 83.5 cm³/mol. The Bertz CT molecular complexity index is 517. The van der Waals surface area contributed by atoms with E-state index in [4.69, 9.17) is 0 Å². The maximum Gasteiger partial charge on any atom is 0.243 e. The van der Waals surface area contributed by atoms with Gasteiger partial charge in [-0.1, -0.05) is 25.7 Å². The van der Waals surface area contributed by atoms with Crippen molar-refractivity contribution >= 4 is 21.4 Å².